The fourth-order valence-corrected chi connectivity index (χ4v) is 1.69. The first kappa shape index (κ1) is 9.95. The highest BCUT2D eigenvalue weighted by molar-refractivity contribution is 5.76. The largest absolute Gasteiger partial charge is 0.508 e. The Balaban J connectivity index is 2.54. The molecule has 3 N–H and O–H groups in total. The van der Waals surface area contributed by atoms with Crippen LogP contribution in [-0.2, 0) is 22.7 Å². The third kappa shape index (κ3) is 1.55. The Morgan fingerprint density at radius 2 is 2.13 bits per heavy atom. The normalized spacial score (nSPS) is 16.1. The number of aromatic hydroxyl groups is 1. The molecule has 1 aromatic carbocycles. The zero-order valence-electron chi connectivity index (χ0n) is 7.80. The van der Waals surface area contributed by atoms with E-state index in [0.29, 0.717) is 12.2 Å². The van der Waals surface area contributed by atoms with E-state index in [2.05, 4.69) is 0 Å². The van der Waals surface area contributed by atoms with Crippen molar-refractivity contribution in [2.45, 2.75) is 19.3 Å². The van der Waals surface area contributed by atoms with Gasteiger partial charge >= 0.3 is 5.97 Å². The lowest BCUT2D eigenvalue weighted by molar-refractivity contribution is -0.147. The van der Waals surface area contributed by atoms with Gasteiger partial charge in [-0.2, -0.15) is 0 Å². The number of aliphatic hydroxyl groups excluding tert-OH is 1. The lowest BCUT2D eigenvalue weighted by atomic mass is 9.98. The molecule has 0 bridgehead atoms. The molecule has 0 saturated heterocycles. The Morgan fingerprint density at radius 3 is 2.80 bits per heavy atom. The van der Waals surface area contributed by atoms with Crippen molar-refractivity contribution < 1.29 is 24.9 Å². The summed E-state index contributed by atoms with van der Waals surface area (Å²) in [7, 11) is 0. The third-order valence-electron chi connectivity index (χ3n) is 2.44. The average molecular weight is 210 g/mol. The number of carboxylic acids is 1. The number of aliphatic hydroxyl groups is 1. The molecule has 1 aliphatic heterocycles. The summed E-state index contributed by atoms with van der Waals surface area (Å²) in [5.41, 5.74) is 1.42. The van der Waals surface area contributed by atoms with Gasteiger partial charge in [0.05, 0.1) is 13.2 Å². The summed E-state index contributed by atoms with van der Waals surface area (Å²) in [6.07, 6.45) is -1.71. The topological polar surface area (TPSA) is 87.0 Å². The van der Waals surface area contributed by atoms with Gasteiger partial charge in [0, 0.05) is 5.56 Å². The van der Waals surface area contributed by atoms with Crippen LogP contribution in [0.3, 0.4) is 0 Å². The average Bonchev–Trinajstić information content (AvgIpc) is 2.64. The van der Waals surface area contributed by atoms with Gasteiger partial charge in [0.1, 0.15) is 5.75 Å². The van der Waals surface area contributed by atoms with E-state index in [1.807, 2.05) is 0 Å². The minimum atomic E-state index is -1.71. The summed E-state index contributed by atoms with van der Waals surface area (Å²) >= 11 is 0. The fraction of sp³-hybridized carbons (Fsp3) is 0.300. The van der Waals surface area contributed by atoms with Gasteiger partial charge in [0.15, 0.2) is 6.10 Å². The molecule has 80 valence electrons. The number of ether oxygens (including phenoxy) is 1. The second kappa shape index (κ2) is 3.52. The second-order valence-corrected chi connectivity index (χ2v) is 3.37. The quantitative estimate of drug-likeness (QED) is 0.663. The molecule has 5 nitrogen and oxygen atoms in total. The van der Waals surface area contributed by atoms with Gasteiger partial charge in [-0.25, -0.2) is 4.79 Å². The molecular weight excluding hydrogens is 200 g/mol. The van der Waals surface area contributed by atoms with E-state index >= 15 is 0 Å². The zero-order chi connectivity index (χ0) is 11.0. The summed E-state index contributed by atoms with van der Waals surface area (Å²) < 4.78 is 5.13. The fourth-order valence-electron chi connectivity index (χ4n) is 1.69. The summed E-state index contributed by atoms with van der Waals surface area (Å²) in [5, 5.41) is 27.6. The molecular formula is C10H10O5. The van der Waals surface area contributed by atoms with Crippen LogP contribution in [0.1, 0.15) is 22.8 Å². The lowest BCUT2D eigenvalue weighted by Crippen LogP contribution is -2.13. The molecule has 15 heavy (non-hydrogen) atoms. The van der Waals surface area contributed by atoms with E-state index < -0.39 is 12.1 Å². The van der Waals surface area contributed by atoms with Crippen molar-refractivity contribution in [3.8, 4) is 5.75 Å². The minimum Gasteiger partial charge on any atom is -0.508 e. The van der Waals surface area contributed by atoms with E-state index in [-0.39, 0.29) is 17.9 Å². The number of phenolic OH excluding ortho intramolecular Hbond substituents is 1. The first-order chi connectivity index (χ1) is 7.11. The molecule has 1 aromatic rings. The van der Waals surface area contributed by atoms with Crippen LogP contribution in [0.5, 0.6) is 5.75 Å². The van der Waals surface area contributed by atoms with Gasteiger partial charge < -0.3 is 20.1 Å². The molecule has 0 fully saturated rings. The maximum atomic E-state index is 10.6. The Bertz CT molecular complexity index is 413. The summed E-state index contributed by atoms with van der Waals surface area (Å²) in [6.45, 7) is 0.609. The minimum absolute atomic E-state index is 0.0394. The smallest absolute Gasteiger partial charge is 0.337 e. The lowest BCUT2D eigenvalue weighted by Gasteiger charge is -2.12. The molecule has 5 heteroatoms. The number of hydrogen-bond donors (Lipinski definition) is 3. The Kier molecular flexibility index (Phi) is 2.34. The van der Waals surface area contributed by atoms with Gasteiger partial charge in [-0.1, -0.05) is 6.07 Å². The van der Waals surface area contributed by atoms with Crippen molar-refractivity contribution in [2.24, 2.45) is 0 Å². The maximum absolute atomic E-state index is 10.6. The second-order valence-electron chi connectivity index (χ2n) is 3.37. The first-order valence-electron chi connectivity index (χ1n) is 4.43. The summed E-state index contributed by atoms with van der Waals surface area (Å²) in [5.74, 6) is -1.60. The standard InChI is InChI=1S/C10H10O5/c11-7-2-1-5-3-15-4-6(5)8(7)9(12)10(13)14/h1-2,9,11-12H,3-4H2,(H,13,14). The van der Waals surface area contributed by atoms with Crippen LogP contribution in [0.25, 0.3) is 0 Å². The van der Waals surface area contributed by atoms with Crippen LogP contribution in [0.15, 0.2) is 12.1 Å². The van der Waals surface area contributed by atoms with Crippen molar-refractivity contribution in [2.75, 3.05) is 0 Å². The SMILES string of the molecule is O=C(O)C(O)c1c(O)ccc2c1COC2. The summed E-state index contributed by atoms with van der Waals surface area (Å²) in [6, 6.07) is 3.03. The molecule has 0 amide bonds. The van der Waals surface area contributed by atoms with E-state index in [4.69, 9.17) is 9.84 Å². The van der Waals surface area contributed by atoms with E-state index in [0.717, 1.165) is 5.56 Å². The number of fused-ring (bicyclic) bond motifs is 1. The Labute approximate surface area is 85.5 Å². The number of aliphatic carboxylic acids is 1. The Hall–Kier alpha value is -1.59. The van der Waals surface area contributed by atoms with Crippen molar-refractivity contribution >= 4 is 5.97 Å². The van der Waals surface area contributed by atoms with Crippen molar-refractivity contribution in [1.29, 1.82) is 0 Å². The van der Waals surface area contributed by atoms with Crippen molar-refractivity contribution in [3.63, 3.8) is 0 Å². The molecule has 1 unspecified atom stereocenters. The number of benzene rings is 1. The molecule has 0 aliphatic carbocycles. The highest BCUT2D eigenvalue weighted by Crippen LogP contribution is 2.34. The van der Waals surface area contributed by atoms with Crippen LogP contribution in [-0.4, -0.2) is 21.3 Å². The van der Waals surface area contributed by atoms with E-state index in [1.165, 1.54) is 6.07 Å². The van der Waals surface area contributed by atoms with Crippen LogP contribution < -0.4 is 0 Å². The predicted octanol–water partition coefficient (Wildman–Crippen LogP) is 0.540. The number of rotatable bonds is 2. The zero-order valence-corrected chi connectivity index (χ0v) is 7.80. The monoisotopic (exact) mass is 210 g/mol. The molecule has 1 atom stereocenters. The van der Waals surface area contributed by atoms with Gasteiger partial charge in [0.25, 0.3) is 0 Å². The van der Waals surface area contributed by atoms with E-state index in [9.17, 15) is 15.0 Å². The predicted molar refractivity (Wildman–Crippen MR) is 49.2 cm³/mol. The van der Waals surface area contributed by atoms with Crippen LogP contribution in [0, 0.1) is 0 Å². The van der Waals surface area contributed by atoms with Gasteiger partial charge in [-0.3, -0.25) is 0 Å². The highest BCUT2D eigenvalue weighted by atomic mass is 16.5. The van der Waals surface area contributed by atoms with Gasteiger partial charge in [-0.05, 0) is 17.2 Å². The van der Waals surface area contributed by atoms with Crippen LogP contribution >= 0.6 is 0 Å². The first-order valence-corrected chi connectivity index (χ1v) is 4.43. The molecule has 1 heterocycles. The molecule has 2 rings (SSSR count). The molecule has 0 aromatic heterocycles. The third-order valence-corrected chi connectivity index (χ3v) is 2.44. The number of hydrogen-bond acceptors (Lipinski definition) is 4. The van der Waals surface area contributed by atoms with Gasteiger partial charge in [0.2, 0.25) is 0 Å². The Morgan fingerprint density at radius 1 is 1.40 bits per heavy atom. The van der Waals surface area contributed by atoms with Crippen LogP contribution in [0.2, 0.25) is 0 Å². The van der Waals surface area contributed by atoms with Gasteiger partial charge in [-0.15, -0.1) is 0 Å². The number of carbonyl (C=O) groups is 1. The maximum Gasteiger partial charge on any atom is 0.337 e. The van der Waals surface area contributed by atoms with E-state index in [1.54, 1.807) is 6.07 Å². The van der Waals surface area contributed by atoms with Crippen molar-refractivity contribution in [3.05, 3.63) is 28.8 Å². The molecule has 0 spiro atoms. The summed E-state index contributed by atoms with van der Waals surface area (Å²) in [4.78, 5) is 10.6. The highest BCUT2D eigenvalue weighted by Gasteiger charge is 2.27. The molecule has 0 saturated carbocycles. The van der Waals surface area contributed by atoms with Crippen LogP contribution in [0.4, 0.5) is 0 Å². The number of phenols is 1. The molecule has 1 aliphatic rings. The van der Waals surface area contributed by atoms with Crippen molar-refractivity contribution in [1.82, 2.24) is 0 Å². The molecule has 0 radical (unpaired) electrons. The number of carboxylic acid groups (broad SMARTS) is 1.